The summed E-state index contributed by atoms with van der Waals surface area (Å²) in [7, 11) is -1.21. The lowest BCUT2D eigenvalue weighted by atomic mass is 9.71. The molecule has 1 N–H and O–H groups in total. The Morgan fingerprint density at radius 3 is 2.58 bits per heavy atom. The van der Waals surface area contributed by atoms with Crippen molar-refractivity contribution < 1.29 is 19.4 Å². The highest BCUT2D eigenvalue weighted by Gasteiger charge is 2.37. The number of carbonyl (C=O) groups excluding carboxylic acids is 2. The minimum atomic E-state index is -1.21. The molecule has 8 nitrogen and oxygen atoms in total. The second kappa shape index (κ2) is 11.8. The van der Waals surface area contributed by atoms with Gasteiger partial charge in [-0.3, -0.25) is 9.59 Å². The minimum Gasteiger partial charge on any atom is -0.393 e. The number of ether oxygens (including phenoxy) is 1. The molecule has 1 aliphatic heterocycles. The van der Waals surface area contributed by atoms with Gasteiger partial charge in [-0.05, 0) is 43.9 Å². The first-order valence-electron chi connectivity index (χ1n) is 14.6. The van der Waals surface area contributed by atoms with E-state index in [4.69, 9.17) is 14.7 Å². The van der Waals surface area contributed by atoms with Gasteiger partial charge < -0.3 is 19.3 Å². The van der Waals surface area contributed by atoms with E-state index in [1.807, 2.05) is 22.9 Å². The van der Waals surface area contributed by atoms with E-state index in [1.165, 1.54) is 17.8 Å². The number of rotatable bonds is 9. The first-order chi connectivity index (χ1) is 19.0. The smallest absolute Gasteiger partial charge is 0.263 e. The maximum Gasteiger partial charge on any atom is 0.263 e. The van der Waals surface area contributed by atoms with Crippen LogP contribution in [0.2, 0.25) is 25.7 Å². The summed E-state index contributed by atoms with van der Waals surface area (Å²) in [6.45, 7) is 11.2. The summed E-state index contributed by atoms with van der Waals surface area (Å²) in [5.74, 6) is 0.124. The summed E-state index contributed by atoms with van der Waals surface area (Å²) >= 11 is 1.40. The number of carbonyl (C=O) groups is 2. The third-order valence-electron chi connectivity index (χ3n) is 8.36. The first kappa shape index (κ1) is 29.1. The fourth-order valence-electron chi connectivity index (χ4n) is 5.68. The fraction of sp³-hybridized carbons (Fsp3) is 0.600. The molecule has 3 aromatic rings. The Balaban J connectivity index is 1.44. The number of aliphatic hydroxyl groups excluding tert-OH is 1. The Morgan fingerprint density at radius 2 is 1.88 bits per heavy atom. The highest BCUT2D eigenvalue weighted by Crippen LogP contribution is 2.40. The molecule has 1 saturated heterocycles. The van der Waals surface area contributed by atoms with Crippen LogP contribution in [-0.2, 0) is 11.5 Å². The molecule has 4 heterocycles. The Labute approximate surface area is 241 Å². The lowest BCUT2D eigenvalue weighted by molar-refractivity contribution is 0.0550. The topological polar surface area (TPSA) is 97.6 Å². The summed E-state index contributed by atoms with van der Waals surface area (Å²) < 4.78 is 7.96. The number of hydrogen-bond acceptors (Lipinski definition) is 7. The zero-order valence-electron chi connectivity index (χ0n) is 24.2. The number of amides is 1. The lowest BCUT2D eigenvalue weighted by Crippen LogP contribution is -2.39. The van der Waals surface area contributed by atoms with E-state index in [1.54, 1.807) is 11.1 Å². The molecule has 5 rings (SSSR count). The number of piperidine rings is 1. The number of fused-ring (bicyclic) bond motifs is 1. The van der Waals surface area contributed by atoms with Crippen LogP contribution in [0.5, 0.6) is 0 Å². The Bertz CT molecular complexity index is 1360. The molecule has 1 saturated carbocycles. The SMILES string of the molecule is CC1(C(=O)c2cn(COCC[Si](C)(C)C)c3ncc(-c4ccc(C(=O)N5CCC(O)CC5)s4)nc23)CCCCC1. The van der Waals surface area contributed by atoms with Gasteiger partial charge >= 0.3 is 0 Å². The predicted molar refractivity (Wildman–Crippen MR) is 162 cm³/mol. The summed E-state index contributed by atoms with van der Waals surface area (Å²) in [5.41, 5.74) is 2.14. The van der Waals surface area contributed by atoms with Gasteiger partial charge in [0.15, 0.2) is 11.4 Å². The van der Waals surface area contributed by atoms with Crippen LogP contribution in [0.3, 0.4) is 0 Å². The molecule has 0 radical (unpaired) electrons. The molecule has 40 heavy (non-hydrogen) atoms. The summed E-state index contributed by atoms with van der Waals surface area (Å²) in [5, 5.41) is 9.79. The summed E-state index contributed by atoms with van der Waals surface area (Å²) in [4.78, 5) is 40.1. The lowest BCUT2D eigenvalue weighted by Gasteiger charge is -2.31. The molecule has 0 atom stereocenters. The first-order valence-corrected chi connectivity index (χ1v) is 19.1. The number of nitrogens with zero attached hydrogens (tertiary/aromatic N) is 4. The predicted octanol–water partition coefficient (Wildman–Crippen LogP) is 6.22. The van der Waals surface area contributed by atoms with E-state index in [9.17, 15) is 14.7 Å². The molecule has 1 amide bonds. The minimum absolute atomic E-state index is 0.0140. The van der Waals surface area contributed by atoms with Crippen molar-refractivity contribution in [1.29, 1.82) is 0 Å². The van der Waals surface area contributed by atoms with Crippen molar-refractivity contribution in [3.8, 4) is 10.6 Å². The van der Waals surface area contributed by atoms with Crippen molar-refractivity contribution in [3.63, 3.8) is 0 Å². The van der Waals surface area contributed by atoms with Crippen LogP contribution in [0.25, 0.3) is 21.7 Å². The van der Waals surface area contributed by atoms with Gasteiger partial charge in [-0.25, -0.2) is 9.97 Å². The van der Waals surface area contributed by atoms with Crippen molar-refractivity contribution >= 4 is 42.3 Å². The van der Waals surface area contributed by atoms with Crippen molar-refractivity contribution in [2.45, 2.75) is 90.4 Å². The monoisotopic (exact) mass is 582 g/mol. The van der Waals surface area contributed by atoms with Crippen molar-refractivity contribution in [2.24, 2.45) is 5.41 Å². The molecule has 0 bridgehead atoms. The van der Waals surface area contributed by atoms with Crippen LogP contribution in [0, 0.1) is 5.41 Å². The molecule has 0 spiro atoms. The molecule has 3 aromatic heterocycles. The highest BCUT2D eigenvalue weighted by atomic mass is 32.1. The van der Waals surface area contributed by atoms with Gasteiger partial charge in [0.2, 0.25) is 0 Å². The van der Waals surface area contributed by atoms with Crippen LogP contribution in [0.4, 0.5) is 0 Å². The van der Waals surface area contributed by atoms with Crippen LogP contribution < -0.4 is 0 Å². The Hall–Kier alpha value is -2.40. The standard InChI is InChI=1S/C30H42N4O4SSi/c1-30(12-6-5-7-13-30)27(36)22-19-34(20-38-16-17-40(2,3)4)28-26(22)32-23(18-31-28)24-8-9-25(39-24)29(37)33-14-10-21(35)11-15-33/h8-9,18-19,21,35H,5-7,10-17,20H2,1-4H3. The van der Waals surface area contributed by atoms with E-state index in [2.05, 4.69) is 26.6 Å². The third-order valence-corrected chi connectivity index (χ3v) is 11.2. The van der Waals surface area contributed by atoms with Crippen molar-refractivity contribution in [2.75, 3.05) is 19.7 Å². The van der Waals surface area contributed by atoms with Crippen LogP contribution in [0.15, 0.2) is 24.5 Å². The quantitative estimate of drug-likeness (QED) is 0.183. The number of aromatic nitrogens is 3. The molecule has 1 aliphatic carbocycles. The average Bonchev–Trinajstić information content (AvgIpc) is 3.56. The van der Waals surface area contributed by atoms with Crippen LogP contribution in [0.1, 0.15) is 71.9 Å². The Morgan fingerprint density at radius 1 is 1.15 bits per heavy atom. The third kappa shape index (κ3) is 6.40. The van der Waals surface area contributed by atoms with Gasteiger partial charge in [0, 0.05) is 39.4 Å². The van der Waals surface area contributed by atoms with Gasteiger partial charge in [0.1, 0.15) is 12.2 Å². The molecular weight excluding hydrogens is 541 g/mol. The molecule has 216 valence electrons. The van der Waals surface area contributed by atoms with Crippen LogP contribution in [-0.4, -0.2) is 70.1 Å². The van der Waals surface area contributed by atoms with Gasteiger partial charge in [-0.1, -0.05) is 45.8 Å². The van der Waals surface area contributed by atoms with Gasteiger partial charge in [-0.15, -0.1) is 11.3 Å². The van der Waals surface area contributed by atoms with Crippen molar-refractivity contribution in [3.05, 3.63) is 35.0 Å². The van der Waals surface area contributed by atoms with Gasteiger partial charge in [0.05, 0.1) is 33.3 Å². The zero-order valence-corrected chi connectivity index (χ0v) is 26.1. The van der Waals surface area contributed by atoms with Crippen molar-refractivity contribution in [1.82, 2.24) is 19.4 Å². The van der Waals surface area contributed by atoms with Crippen LogP contribution >= 0.6 is 11.3 Å². The van der Waals surface area contributed by atoms with Gasteiger partial charge in [-0.2, -0.15) is 0 Å². The second-order valence-electron chi connectivity index (χ2n) is 12.9. The molecule has 10 heteroatoms. The number of Topliss-reactive ketones (excluding diaryl/α,β-unsaturated/α-hetero) is 1. The largest absolute Gasteiger partial charge is 0.393 e. The van der Waals surface area contributed by atoms with E-state index in [0.717, 1.165) is 36.6 Å². The summed E-state index contributed by atoms with van der Waals surface area (Å²) in [6.07, 6.45) is 9.62. The maximum atomic E-state index is 14.0. The Kier molecular flexibility index (Phi) is 8.61. The van der Waals surface area contributed by atoms with E-state index < -0.39 is 13.5 Å². The molecule has 0 aromatic carbocycles. The zero-order chi connectivity index (χ0) is 28.5. The van der Waals surface area contributed by atoms with E-state index in [-0.39, 0.29) is 17.8 Å². The summed E-state index contributed by atoms with van der Waals surface area (Å²) in [6, 6.07) is 4.82. The fourth-order valence-corrected chi connectivity index (χ4v) is 7.36. The number of likely N-dealkylation sites (tertiary alicyclic amines) is 1. The highest BCUT2D eigenvalue weighted by molar-refractivity contribution is 7.17. The number of aliphatic hydroxyl groups is 1. The second-order valence-corrected chi connectivity index (χ2v) is 19.6. The van der Waals surface area contributed by atoms with E-state index >= 15 is 0 Å². The average molecular weight is 583 g/mol. The number of thiophene rings is 1. The van der Waals surface area contributed by atoms with Gasteiger partial charge in [0.25, 0.3) is 5.91 Å². The molecule has 2 fully saturated rings. The maximum absolute atomic E-state index is 14.0. The molecule has 2 aliphatic rings. The normalized spacial score (nSPS) is 18.4. The van der Waals surface area contributed by atoms with E-state index in [0.29, 0.717) is 66.6 Å². The molecular formula is C30H42N4O4SSi. The number of ketones is 1. The number of hydrogen-bond donors (Lipinski definition) is 1. The molecule has 0 unspecified atom stereocenters.